The normalized spacial score (nSPS) is 17.9. The van der Waals surface area contributed by atoms with Gasteiger partial charge in [0, 0.05) is 44.0 Å². The molecule has 1 aromatic carbocycles. The molecule has 30 heavy (non-hydrogen) atoms. The fraction of sp³-hybridized carbons (Fsp3) is 0.545. The van der Waals surface area contributed by atoms with E-state index in [1.807, 2.05) is 28.0 Å². The van der Waals surface area contributed by atoms with Crippen molar-refractivity contribution in [2.24, 2.45) is 0 Å². The number of piperazine rings is 1. The smallest absolute Gasteiger partial charge is 0.317 e. The van der Waals surface area contributed by atoms with Gasteiger partial charge in [0.05, 0.1) is 18.3 Å². The fourth-order valence-electron chi connectivity index (χ4n) is 4.37. The number of carbonyl (C=O) groups excluding carboxylic acids is 2. The van der Waals surface area contributed by atoms with E-state index in [0.29, 0.717) is 50.6 Å². The van der Waals surface area contributed by atoms with Gasteiger partial charge in [0.25, 0.3) is 0 Å². The number of benzene rings is 1. The van der Waals surface area contributed by atoms with Crippen LogP contribution >= 0.6 is 0 Å². The Morgan fingerprint density at radius 2 is 1.70 bits per heavy atom. The number of rotatable bonds is 4. The topological polar surface area (TPSA) is 87.5 Å². The first-order valence-corrected chi connectivity index (χ1v) is 10.9. The van der Waals surface area contributed by atoms with Crippen LogP contribution in [0.15, 0.2) is 35.3 Å². The number of nitrogens with zero attached hydrogens (tertiary/aromatic N) is 4. The third-order valence-corrected chi connectivity index (χ3v) is 6.15. The molecule has 0 atom stereocenters. The standard InChI is InChI=1S/C22H29N5O3/c28-20-16-23-27(19-9-5-4-8-18(19)20)11-10-21(29)25-12-14-26(15-13-25)22(30)24-17-6-2-1-3-7-17/h4-5,8-9,16-17H,1-3,6-7,10-15H2,(H,24,30). The number of hydrogen-bond acceptors (Lipinski definition) is 4. The Hall–Kier alpha value is -2.90. The first kappa shape index (κ1) is 20.4. The lowest BCUT2D eigenvalue weighted by atomic mass is 9.96. The van der Waals surface area contributed by atoms with E-state index in [1.54, 1.807) is 10.7 Å². The molecule has 1 aromatic heterocycles. The van der Waals surface area contributed by atoms with Gasteiger partial charge in [-0.05, 0) is 25.0 Å². The van der Waals surface area contributed by atoms with Gasteiger partial charge in [-0.1, -0.05) is 31.4 Å². The highest BCUT2D eigenvalue weighted by Gasteiger charge is 2.25. The van der Waals surface area contributed by atoms with Crippen molar-refractivity contribution in [3.05, 3.63) is 40.7 Å². The van der Waals surface area contributed by atoms with Crippen molar-refractivity contribution in [1.82, 2.24) is 24.9 Å². The summed E-state index contributed by atoms with van der Waals surface area (Å²) in [6, 6.07) is 7.60. The molecular weight excluding hydrogens is 382 g/mol. The fourth-order valence-corrected chi connectivity index (χ4v) is 4.37. The van der Waals surface area contributed by atoms with Crippen LogP contribution < -0.4 is 10.7 Å². The molecule has 2 aromatic rings. The van der Waals surface area contributed by atoms with Crippen LogP contribution in [-0.4, -0.2) is 63.7 Å². The predicted molar refractivity (Wildman–Crippen MR) is 114 cm³/mol. The maximum atomic E-state index is 12.7. The number of carbonyl (C=O) groups is 2. The quantitative estimate of drug-likeness (QED) is 0.833. The molecule has 2 heterocycles. The molecule has 2 fully saturated rings. The van der Waals surface area contributed by atoms with Crippen LogP contribution in [0.5, 0.6) is 0 Å². The van der Waals surface area contributed by atoms with Crippen LogP contribution in [0, 0.1) is 0 Å². The van der Waals surface area contributed by atoms with E-state index in [0.717, 1.165) is 18.4 Å². The van der Waals surface area contributed by atoms with E-state index in [2.05, 4.69) is 10.4 Å². The highest BCUT2D eigenvalue weighted by molar-refractivity contribution is 5.79. The van der Waals surface area contributed by atoms with Crippen molar-refractivity contribution in [3.8, 4) is 0 Å². The Morgan fingerprint density at radius 3 is 2.47 bits per heavy atom. The van der Waals surface area contributed by atoms with E-state index >= 15 is 0 Å². The average molecular weight is 412 g/mol. The first-order chi connectivity index (χ1) is 14.6. The predicted octanol–water partition coefficient (Wildman–Crippen LogP) is 1.97. The molecule has 8 nitrogen and oxygen atoms in total. The zero-order valence-corrected chi connectivity index (χ0v) is 17.3. The van der Waals surface area contributed by atoms with Gasteiger partial charge in [-0.2, -0.15) is 5.10 Å². The van der Waals surface area contributed by atoms with E-state index < -0.39 is 0 Å². The Morgan fingerprint density at radius 1 is 1.00 bits per heavy atom. The third-order valence-electron chi connectivity index (χ3n) is 6.15. The number of hydrogen-bond donors (Lipinski definition) is 1. The monoisotopic (exact) mass is 411 g/mol. The Bertz CT molecular complexity index is 959. The van der Waals surface area contributed by atoms with E-state index in [-0.39, 0.29) is 17.4 Å². The second-order valence-corrected chi connectivity index (χ2v) is 8.15. The van der Waals surface area contributed by atoms with Gasteiger partial charge in [0.15, 0.2) is 0 Å². The molecule has 1 aliphatic carbocycles. The van der Waals surface area contributed by atoms with E-state index in [4.69, 9.17) is 0 Å². The molecule has 0 radical (unpaired) electrons. The highest BCUT2D eigenvalue weighted by atomic mass is 16.2. The summed E-state index contributed by atoms with van der Waals surface area (Å²) < 4.78 is 1.71. The lowest BCUT2D eigenvalue weighted by molar-refractivity contribution is -0.132. The van der Waals surface area contributed by atoms with Crippen LogP contribution in [0.25, 0.3) is 10.9 Å². The minimum atomic E-state index is -0.115. The molecule has 1 N–H and O–H groups in total. The van der Waals surface area contributed by atoms with Gasteiger partial charge in [0.2, 0.25) is 11.3 Å². The second-order valence-electron chi connectivity index (χ2n) is 8.15. The van der Waals surface area contributed by atoms with Crippen LogP contribution in [0.4, 0.5) is 4.79 Å². The number of amides is 3. The summed E-state index contributed by atoms with van der Waals surface area (Å²) in [6.45, 7) is 2.64. The zero-order chi connectivity index (χ0) is 20.9. The molecule has 3 amide bonds. The SMILES string of the molecule is O=C(CCn1ncc(=O)c2ccccc21)N1CCN(C(=O)NC2CCCCC2)CC1. The van der Waals surface area contributed by atoms with Crippen LogP contribution in [0.3, 0.4) is 0 Å². The molecule has 0 unspecified atom stereocenters. The minimum Gasteiger partial charge on any atom is -0.339 e. The van der Waals surface area contributed by atoms with Gasteiger partial charge < -0.3 is 15.1 Å². The Balaban J connectivity index is 1.27. The summed E-state index contributed by atoms with van der Waals surface area (Å²) in [6.07, 6.45) is 7.39. The van der Waals surface area contributed by atoms with Gasteiger partial charge in [-0.25, -0.2) is 4.79 Å². The van der Waals surface area contributed by atoms with Crippen LogP contribution in [-0.2, 0) is 11.3 Å². The molecule has 0 spiro atoms. The number of fused-ring (bicyclic) bond motifs is 1. The van der Waals surface area contributed by atoms with Gasteiger partial charge in [-0.3, -0.25) is 14.3 Å². The van der Waals surface area contributed by atoms with Gasteiger partial charge in [0.1, 0.15) is 0 Å². The molecule has 1 aliphatic heterocycles. The van der Waals surface area contributed by atoms with Crippen molar-refractivity contribution in [2.75, 3.05) is 26.2 Å². The summed E-state index contributed by atoms with van der Waals surface area (Å²) >= 11 is 0. The van der Waals surface area contributed by atoms with Gasteiger partial charge >= 0.3 is 6.03 Å². The lowest BCUT2D eigenvalue weighted by Gasteiger charge is -2.36. The zero-order valence-electron chi connectivity index (χ0n) is 17.3. The van der Waals surface area contributed by atoms with Crippen molar-refractivity contribution in [1.29, 1.82) is 0 Å². The minimum absolute atomic E-state index is 0.00192. The summed E-state index contributed by atoms with van der Waals surface area (Å²) in [5, 5.41) is 7.94. The summed E-state index contributed by atoms with van der Waals surface area (Å²) in [5.41, 5.74) is 0.623. The molecule has 8 heteroatoms. The Kier molecular flexibility index (Phi) is 6.30. The number of aryl methyl sites for hydroxylation is 1. The maximum Gasteiger partial charge on any atom is 0.317 e. The molecule has 1 saturated carbocycles. The summed E-state index contributed by atoms with van der Waals surface area (Å²) in [7, 11) is 0. The maximum absolute atomic E-state index is 12.7. The first-order valence-electron chi connectivity index (χ1n) is 10.9. The Labute approximate surface area is 175 Å². The highest BCUT2D eigenvalue weighted by Crippen LogP contribution is 2.18. The number of aromatic nitrogens is 2. The van der Waals surface area contributed by atoms with Crippen molar-refractivity contribution >= 4 is 22.8 Å². The van der Waals surface area contributed by atoms with Crippen molar-refractivity contribution < 1.29 is 9.59 Å². The molecule has 1 saturated heterocycles. The van der Waals surface area contributed by atoms with Crippen molar-refractivity contribution in [2.45, 2.75) is 51.1 Å². The van der Waals surface area contributed by atoms with Gasteiger partial charge in [-0.15, -0.1) is 0 Å². The number of urea groups is 1. The summed E-state index contributed by atoms with van der Waals surface area (Å²) in [5.74, 6) is 0.0481. The van der Waals surface area contributed by atoms with Crippen LogP contribution in [0.1, 0.15) is 38.5 Å². The molecular formula is C22H29N5O3. The lowest BCUT2D eigenvalue weighted by Crippen LogP contribution is -2.54. The van der Waals surface area contributed by atoms with E-state index in [1.165, 1.54) is 25.5 Å². The molecule has 0 bridgehead atoms. The van der Waals surface area contributed by atoms with Crippen LogP contribution in [0.2, 0.25) is 0 Å². The van der Waals surface area contributed by atoms with E-state index in [9.17, 15) is 14.4 Å². The van der Waals surface area contributed by atoms with Crippen molar-refractivity contribution in [3.63, 3.8) is 0 Å². The molecule has 2 aliphatic rings. The molecule has 4 rings (SSSR count). The third kappa shape index (κ3) is 4.63. The molecule has 160 valence electrons. The number of nitrogens with one attached hydrogen (secondary N) is 1. The second kappa shape index (κ2) is 9.28. The number of para-hydroxylation sites is 1. The largest absolute Gasteiger partial charge is 0.339 e. The summed E-state index contributed by atoms with van der Waals surface area (Å²) in [4.78, 5) is 40.7. The average Bonchev–Trinajstić information content (AvgIpc) is 2.79.